The van der Waals surface area contributed by atoms with Gasteiger partial charge in [-0.05, 0) is 37.3 Å². The summed E-state index contributed by atoms with van der Waals surface area (Å²) in [6.45, 7) is 1.97. The summed E-state index contributed by atoms with van der Waals surface area (Å²) in [5, 5.41) is 10.4. The number of aromatic hydroxyl groups is 1. The Morgan fingerprint density at radius 2 is 2.07 bits per heavy atom. The lowest BCUT2D eigenvalue weighted by molar-refractivity contribution is 0.476. The lowest BCUT2D eigenvalue weighted by Crippen LogP contribution is -1.85. The van der Waals surface area contributed by atoms with Gasteiger partial charge < -0.3 is 5.11 Å². The fraction of sp³-hybridized carbons (Fsp3) is 0.0833. The minimum absolute atomic E-state index is 0.290. The van der Waals surface area contributed by atoms with Crippen LogP contribution in [0.2, 0.25) is 0 Å². The van der Waals surface area contributed by atoms with Crippen LogP contribution in [-0.4, -0.2) is 14.5 Å². The molecule has 74 valence electrons. The monoisotopic (exact) mass is 198 g/mol. The predicted molar refractivity (Wildman–Crippen MR) is 59.1 cm³/mol. The third-order valence-corrected chi connectivity index (χ3v) is 2.54. The second-order valence-electron chi connectivity index (χ2n) is 3.69. The number of hydrogen-bond acceptors (Lipinski definition) is 2. The van der Waals surface area contributed by atoms with Gasteiger partial charge in [-0.15, -0.1) is 0 Å². The lowest BCUT2D eigenvalue weighted by atomic mass is 10.2. The normalized spacial score (nSPS) is 11.3. The number of aryl methyl sites for hydroxylation is 1. The summed E-state index contributed by atoms with van der Waals surface area (Å²) in [5.74, 6) is 0.290. The van der Waals surface area contributed by atoms with Crippen LogP contribution in [0.4, 0.5) is 0 Å². The van der Waals surface area contributed by atoms with Crippen molar-refractivity contribution in [2.75, 3.05) is 0 Å². The number of phenolic OH excluding ortho intramolecular Hbond substituents is 1. The van der Waals surface area contributed by atoms with E-state index in [4.69, 9.17) is 0 Å². The fourth-order valence-corrected chi connectivity index (χ4v) is 1.89. The zero-order valence-corrected chi connectivity index (χ0v) is 8.31. The highest BCUT2D eigenvalue weighted by atomic mass is 16.3. The van der Waals surface area contributed by atoms with E-state index in [2.05, 4.69) is 4.98 Å². The van der Waals surface area contributed by atoms with E-state index in [9.17, 15) is 5.11 Å². The van der Waals surface area contributed by atoms with Gasteiger partial charge in [0.05, 0.1) is 11.2 Å². The fourth-order valence-electron chi connectivity index (χ4n) is 1.89. The zero-order valence-electron chi connectivity index (χ0n) is 8.31. The Bertz CT molecular complexity index is 655. The first-order chi connectivity index (χ1) is 7.24. The molecule has 1 N–H and O–H groups in total. The van der Waals surface area contributed by atoms with Gasteiger partial charge in [-0.25, -0.2) is 4.98 Å². The van der Waals surface area contributed by atoms with E-state index in [0.29, 0.717) is 5.75 Å². The maximum atomic E-state index is 9.38. The van der Waals surface area contributed by atoms with Crippen LogP contribution in [-0.2, 0) is 0 Å². The summed E-state index contributed by atoms with van der Waals surface area (Å²) >= 11 is 0. The summed E-state index contributed by atoms with van der Waals surface area (Å²) in [7, 11) is 0. The number of hydrogen-bond donors (Lipinski definition) is 1. The molecule has 3 rings (SSSR count). The molecule has 0 unspecified atom stereocenters. The van der Waals surface area contributed by atoms with Crippen molar-refractivity contribution in [3.05, 3.63) is 42.2 Å². The van der Waals surface area contributed by atoms with Gasteiger partial charge in [-0.3, -0.25) is 4.40 Å². The van der Waals surface area contributed by atoms with Crippen molar-refractivity contribution >= 4 is 16.6 Å². The van der Waals surface area contributed by atoms with Crippen LogP contribution in [0.15, 0.2) is 36.5 Å². The van der Waals surface area contributed by atoms with Crippen LogP contribution in [0.25, 0.3) is 16.6 Å². The molecule has 0 bridgehead atoms. The molecule has 3 heteroatoms. The van der Waals surface area contributed by atoms with E-state index in [0.717, 1.165) is 22.2 Å². The van der Waals surface area contributed by atoms with Crippen LogP contribution in [0, 0.1) is 6.92 Å². The predicted octanol–water partition coefficient (Wildman–Crippen LogP) is 2.50. The van der Waals surface area contributed by atoms with Crippen molar-refractivity contribution in [1.29, 1.82) is 0 Å². The molecular weight excluding hydrogens is 188 g/mol. The number of aromatic nitrogens is 2. The number of imidazole rings is 1. The van der Waals surface area contributed by atoms with E-state index in [1.165, 1.54) is 0 Å². The molecule has 15 heavy (non-hydrogen) atoms. The molecule has 0 spiro atoms. The summed E-state index contributed by atoms with van der Waals surface area (Å²) in [4.78, 5) is 4.39. The highest BCUT2D eigenvalue weighted by molar-refractivity contribution is 5.83. The number of rotatable bonds is 0. The van der Waals surface area contributed by atoms with E-state index in [-0.39, 0.29) is 0 Å². The minimum Gasteiger partial charge on any atom is -0.508 e. The van der Waals surface area contributed by atoms with Gasteiger partial charge in [0.15, 0.2) is 0 Å². The smallest absolute Gasteiger partial charge is 0.137 e. The molecular formula is C12H10N2O. The molecule has 0 aliphatic heterocycles. The van der Waals surface area contributed by atoms with Gasteiger partial charge in [0.2, 0.25) is 0 Å². The molecule has 0 aliphatic rings. The van der Waals surface area contributed by atoms with Gasteiger partial charge in [-0.2, -0.15) is 0 Å². The van der Waals surface area contributed by atoms with Gasteiger partial charge in [0, 0.05) is 11.6 Å². The highest BCUT2D eigenvalue weighted by Crippen LogP contribution is 2.21. The third-order valence-electron chi connectivity index (χ3n) is 2.54. The number of pyridine rings is 1. The Hall–Kier alpha value is -2.03. The SMILES string of the molecule is Cc1cn2c(ccc3cc(O)ccc32)n1. The number of nitrogens with zero attached hydrogens (tertiary/aromatic N) is 2. The molecule has 0 saturated carbocycles. The quantitative estimate of drug-likeness (QED) is 0.602. The number of benzene rings is 1. The highest BCUT2D eigenvalue weighted by Gasteiger charge is 2.02. The van der Waals surface area contributed by atoms with Crippen molar-refractivity contribution < 1.29 is 5.11 Å². The van der Waals surface area contributed by atoms with E-state index < -0.39 is 0 Å². The Morgan fingerprint density at radius 3 is 2.93 bits per heavy atom. The van der Waals surface area contributed by atoms with Crippen molar-refractivity contribution in [2.24, 2.45) is 0 Å². The zero-order chi connectivity index (χ0) is 10.4. The molecule has 3 nitrogen and oxygen atoms in total. The molecule has 0 fully saturated rings. The van der Waals surface area contributed by atoms with Crippen LogP contribution >= 0.6 is 0 Å². The molecule has 0 aliphatic carbocycles. The van der Waals surface area contributed by atoms with Gasteiger partial charge in [-0.1, -0.05) is 0 Å². The summed E-state index contributed by atoms with van der Waals surface area (Å²) in [6.07, 6.45) is 1.99. The van der Waals surface area contributed by atoms with Crippen molar-refractivity contribution in [1.82, 2.24) is 9.38 Å². The summed E-state index contributed by atoms with van der Waals surface area (Å²) in [6, 6.07) is 9.27. The maximum absolute atomic E-state index is 9.38. The Labute approximate surface area is 86.6 Å². The van der Waals surface area contributed by atoms with Gasteiger partial charge in [0.25, 0.3) is 0 Å². The Morgan fingerprint density at radius 1 is 1.20 bits per heavy atom. The molecule has 2 aromatic heterocycles. The molecule has 0 amide bonds. The largest absolute Gasteiger partial charge is 0.508 e. The van der Waals surface area contributed by atoms with Crippen molar-refractivity contribution in [3.8, 4) is 5.75 Å². The molecule has 0 radical (unpaired) electrons. The van der Waals surface area contributed by atoms with Crippen molar-refractivity contribution in [2.45, 2.75) is 6.92 Å². The van der Waals surface area contributed by atoms with Crippen LogP contribution in [0.5, 0.6) is 5.75 Å². The van der Waals surface area contributed by atoms with Crippen LogP contribution in [0.1, 0.15) is 5.69 Å². The topological polar surface area (TPSA) is 37.5 Å². The van der Waals surface area contributed by atoms with E-state index in [1.54, 1.807) is 12.1 Å². The summed E-state index contributed by atoms with van der Waals surface area (Å²) in [5.41, 5.74) is 2.99. The standard InChI is InChI=1S/C12H10N2O/c1-8-7-14-11-4-3-10(15)6-9(11)2-5-12(14)13-8/h2-7,15H,1H3. The molecule has 1 aromatic carbocycles. The maximum Gasteiger partial charge on any atom is 0.137 e. The Balaban J connectivity index is 2.53. The minimum atomic E-state index is 0.290. The Kier molecular flexibility index (Phi) is 1.51. The molecule has 2 heterocycles. The van der Waals surface area contributed by atoms with Crippen LogP contribution in [0.3, 0.4) is 0 Å². The third kappa shape index (κ3) is 1.16. The number of fused-ring (bicyclic) bond motifs is 3. The first kappa shape index (κ1) is 8.29. The lowest BCUT2D eigenvalue weighted by Gasteiger charge is -2.01. The van der Waals surface area contributed by atoms with Gasteiger partial charge >= 0.3 is 0 Å². The summed E-state index contributed by atoms with van der Waals surface area (Å²) < 4.78 is 2.03. The number of phenols is 1. The molecule has 0 saturated heterocycles. The average molecular weight is 198 g/mol. The second-order valence-corrected chi connectivity index (χ2v) is 3.69. The average Bonchev–Trinajstić information content (AvgIpc) is 2.58. The van der Waals surface area contributed by atoms with Gasteiger partial charge in [0.1, 0.15) is 11.4 Å². The molecule has 3 aromatic rings. The van der Waals surface area contributed by atoms with E-state index >= 15 is 0 Å². The van der Waals surface area contributed by atoms with Crippen LogP contribution < -0.4 is 0 Å². The first-order valence-corrected chi connectivity index (χ1v) is 4.81. The first-order valence-electron chi connectivity index (χ1n) is 4.81. The van der Waals surface area contributed by atoms with E-state index in [1.807, 2.05) is 35.7 Å². The molecule has 0 atom stereocenters. The van der Waals surface area contributed by atoms with Crippen molar-refractivity contribution in [3.63, 3.8) is 0 Å². The second kappa shape index (κ2) is 2.73.